The van der Waals surface area contributed by atoms with Gasteiger partial charge in [0, 0.05) is 39.8 Å². The first kappa shape index (κ1) is 53.4. The van der Waals surface area contributed by atoms with Gasteiger partial charge in [-0.2, -0.15) is 24.9 Å². The van der Waals surface area contributed by atoms with Gasteiger partial charge in [-0.25, -0.2) is 14.4 Å². The third kappa shape index (κ3) is 15.0. The maximum Gasteiger partial charge on any atom is 0.415 e. The van der Waals surface area contributed by atoms with Gasteiger partial charge in [0.05, 0.1) is 26.3 Å². The number of imidazole rings is 2. The molecule has 8 rings (SSSR count). The standard InChI is InChI=1S/C26H36N8O5.C23H32N6O2.CH4/c1-4-28-24(35)33(14-17-9-10-17)15-18-7-6-8-19(13-18)16-34-22-20(30-25(34)39-26(36)29-5-2)21(27)31-23(32-22)38-12-11-37-3;1-2-3-13-31-22-26-20(24)19-21(27-22)29(23(30)25-19)16-18-10-8-9-17(14-18)15-28-11-6-4-5-7-12-28;/h6-8,13,17H,4-5,9-12,14-16H2,1-3H3,(H,28,35)(H,29,36)(H2,27,31,32);8-10,14H,2-7,11-13,15-16H2,1H3,(H,25,30)(H2,24,26,27);1H4. The number of ether oxygens (including phenoxy) is 4. The average molecular weight is 981 g/mol. The van der Waals surface area contributed by atoms with Crippen molar-refractivity contribution in [3.8, 4) is 18.0 Å². The van der Waals surface area contributed by atoms with Crippen molar-refractivity contribution in [2.75, 3.05) is 71.1 Å². The Morgan fingerprint density at radius 3 is 2.04 bits per heavy atom. The first-order valence-electron chi connectivity index (χ1n) is 24.5. The van der Waals surface area contributed by atoms with Gasteiger partial charge in [-0.15, -0.1) is 0 Å². The Morgan fingerprint density at radius 2 is 1.38 bits per heavy atom. The fourth-order valence-electron chi connectivity index (χ4n) is 8.18. The van der Waals surface area contributed by atoms with Crippen molar-refractivity contribution in [1.29, 1.82) is 0 Å². The van der Waals surface area contributed by atoms with Gasteiger partial charge in [-0.3, -0.25) is 14.0 Å². The molecule has 1 saturated heterocycles. The van der Waals surface area contributed by atoms with Crippen molar-refractivity contribution < 1.29 is 28.5 Å². The molecule has 21 heteroatoms. The number of carbonyl (C=O) groups excluding carboxylic acids is 2. The van der Waals surface area contributed by atoms with Crippen LogP contribution in [0.2, 0.25) is 0 Å². The molecule has 0 unspecified atom stereocenters. The third-order valence-electron chi connectivity index (χ3n) is 11.9. The summed E-state index contributed by atoms with van der Waals surface area (Å²) in [4.78, 5) is 66.5. The summed E-state index contributed by atoms with van der Waals surface area (Å²) in [6.45, 7) is 13.0. The smallest absolute Gasteiger partial charge is 0.415 e. The quantitative estimate of drug-likeness (QED) is 0.0484. The Morgan fingerprint density at radius 1 is 0.761 bits per heavy atom. The van der Waals surface area contributed by atoms with E-state index in [0.717, 1.165) is 68.6 Å². The summed E-state index contributed by atoms with van der Waals surface area (Å²) in [7, 11) is 1.57. The van der Waals surface area contributed by atoms with Crippen molar-refractivity contribution in [2.24, 2.45) is 5.92 Å². The molecule has 2 fully saturated rings. The summed E-state index contributed by atoms with van der Waals surface area (Å²) in [6.07, 6.45) is 8.78. The SMILES string of the molecule is C.CCCCOc1nc(N)c2[nH]c(=O)n(Cc3cccc(CN4CCCCCC4)c3)c2n1.CCNC(=O)Oc1nc2c(N)nc(OCCOC)nc2n1Cc1cccc(CN(CC2CC2)C(=O)NCC)c1. The number of carbonyl (C=O) groups is 2. The zero-order valence-electron chi connectivity index (χ0n) is 40.9. The minimum absolute atomic E-state index is 0. The van der Waals surface area contributed by atoms with E-state index in [1.807, 2.05) is 42.2 Å². The van der Waals surface area contributed by atoms with E-state index in [4.69, 9.17) is 30.4 Å². The van der Waals surface area contributed by atoms with Crippen LogP contribution in [0.1, 0.15) is 102 Å². The van der Waals surface area contributed by atoms with Gasteiger partial charge in [0.25, 0.3) is 0 Å². The molecule has 6 aromatic rings. The molecule has 71 heavy (non-hydrogen) atoms. The number of rotatable bonds is 21. The van der Waals surface area contributed by atoms with Crippen molar-refractivity contribution in [2.45, 2.75) is 106 Å². The van der Waals surface area contributed by atoms with Crippen LogP contribution in [-0.4, -0.2) is 121 Å². The molecule has 0 radical (unpaired) electrons. The predicted molar refractivity (Wildman–Crippen MR) is 274 cm³/mol. The van der Waals surface area contributed by atoms with E-state index in [9.17, 15) is 14.4 Å². The zero-order valence-corrected chi connectivity index (χ0v) is 40.9. The number of H-pyrrole nitrogens is 1. The second-order valence-corrected chi connectivity index (χ2v) is 17.6. The Kier molecular flexibility index (Phi) is 19.7. The Hall–Kier alpha value is -7.00. The normalized spacial score (nSPS) is 13.7. The van der Waals surface area contributed by atoms with E-state index in [1.54, 1.807) is 23.2 Å². The topological polar surface area (TPSA) is 261 Å². The maximum absolute atomic E-state index is 12.7. The first-order valence-corrected chi connectivity index (χ1v) is 24.5. The van der Waals surface area contributed by atoms with Crippen molar-refractivity contribution in [1.82, 2.24) is 59.5 Å². The van der Waals surface area contributed by atoms with Crippen LogP contribution in [0.4, 0.5) is 21.2 Å². The van der Waals surface area contributed by atoms with Gasteiger partial charge in [0.2, 0.25) is 0 Å². The number of aromatic amines is 1. The second kappa shape index (κ2) is 26.3. The number of amides is 3. The van der Waals surface area contributed by atoms with E-state index < -0.39 is 6.09 Å². The highest BCUT2D eigenvalue weighted by Crippen LogP contribution is 2.31. The molecule has 4 aromatic heterocycles. The van der Waals surface area contributed by atoms with Crippen molar-refractivity contribution in [3.63, 3.8) is 0 Å². The number of unbranched alkanes of at least 4 members (excludes halogenated alkanes) is 1. The van der Waals surface area contributed by atoms with E-state index in [0.29, 0.717) is 62.1 Å². The van der Waals surface area contributed by atoms with Crippen molar-refractivity contribution >= 4 is 46.1 Å². The molecule has 2 aromatic carbocycles. The lowest BCUT2D eigenvalue weighted by molar-refractivity contribution is 0.141. The van der Waals surface area contributed by atoms with E-state index in [2.05, 4.69) is 70.6 Å². The van der Waals surface area contributed by atoms with Crippen molar-refractivity contribution in [3.05, 3.63) is 81.3 Å². The molecule has 3 amide bonds. The molecule has 1 saturated carbocycles. The second-order valence-electron chi connectivity index (χ2n) is 17.6. The lowest BCUT2D eigenvalue weighted by Crippen LogP contribution is -2.40. The molecule has 0 spiro atoms. The van der Waals surface area contributed by atoms with Crippen LogP contribution < -0.4 is 42.0 Å². The molecular formula is C50H72N14O7. The summed E-state index contributed by atoms with van der Waals surface area (Å²) in [5.74, 6) is 0.883. The molecule has 21 nitrogen and oxygen atoms in total. The number of nitrogens with one attached hydrogen (secondary N) is 3. The molecule has 1 aliphatic carbocycles. The van der Waals surface area contributed by atoms with Crippen LogP contribution >= 0.6 is 0 Å². The van der Waals surface area contributed by atoms with Gasteiger partial charge in [0.1, 0.15) is 12.1 Å². The molecule has 1 aliphatic heterocycles. The first-order chi connectivity index (χ1) is 34.0. The Labute approximate surface area is 415 Å². The molecule has 2 aliphatic rings. The van der Waals surface area contributed by atoms with Crippen LogP contribution in [0.25, 0.3) is 22.3 Å². The van der Waals surface area contributed by atoms with Crippen LogP contribution in [0.3, 0.4) is 0 Å². The number of hydrogen-bond donors (Lipinski definition) is 5. The fourth-order valence-corrected chi connectivity index (χ4v) is 8.18. The zero-order chi connectivity index (χ0) is 49.4. The maximum atomic E-state index is 12.7. The summed E-state index contributed by atoms with van der Waals surface area (Å²) in [6, 6.07) is 16.6. The predicted octanol–water partition coefficient (Wildman–Crippen LogP) is 6.47. The molecule has 7 N–H and O–H groups in total. The van der Waals surface area contributed by atoms with E-state index in [1.165, 1.54) is 31.2 Å². The number of nitrogen functional groups attached to an aromatic ring is 2. The molecule has 384 valence electrons. The van der Waals surface area contributed by atoms with Crippen LogP contribution in [0, 0.1) is 5.92 Å². The van der Waals surface area contributed by atoms with Gasteiger partial charge in [0.15, 0.2) is 28.4 Å². The monoisotopic (exact) mass is 981 g/mol. The molecule has 0 atom stereocenters. The number of nitrogens with two attached hydrogens (primary N) is 2. The van der Waals surface area contributed by atoms with Gasteiger partial charge < -0.3 is 50.9 Å². The van der Waals surface area contributed by atoms with Gasteiger partial charge in [-0.1, -0.05) is 82.1 Å². The number of urea groups is 1. The number of fused-ring (bicyclic) bond motifs is 2. The summed E-state index contributed by atoms with van der Waals surface area (Å²) in [5.41, 5.74) is 17.7. The summed E-state index contributed by atoms with van der Waals surface area (Å²) >= 11 is 0. The Balaban J connectivity index is 0.000000235. The number of hydrogen-bond acceptors (Lipinski definition) is 15. The highest BCUT2D eigenvalue weighted by atomic mass is 16.6. The highest BCUT2D eigenvalue weighted by molar-refractivity contribution is 5.84. The van der Waals surface area contributed by atoms with Gasteiger partial charge >= 0.3 is 35.8 Å². The van der Waals surface area contributed by atoms with Gasteiger partial charge in [-0.05, 0) is 87.2 Å². The number of benzene rings is 2. The third-order valence-corrected chi connectivity index (χ3v) is 11.9. The lowest BCUT2D eigenvalue weighted by atomic mass is 10.1. The summed E-state index contributed by atoms with van der Waals surface area (Å²) < 4.78 is 25.0. The largest absolute Gasteiger partial charge is 0.463 e. The van der Waals surface area contributed by atoms with Crippen LogP contribution in [0.5, 0.6) is 18.0 Å². The summed E-state index contributed by atoms with van der Waals surface area (Å²) in [5, 5.41) is 5.51. The molecule has 5 heterocycles. The van der Waals surface area contributed by atoms with Crippen LogP contribution in [-0.2, 0) is 30.9 Å². The fraction of sp³-hybridized carbons (Fsp3) is 0.520. The van der Waals surface area contributed by atoms with E-state index in [-0.39, 0.29) is 67.5 Å². The lowest BCUT2D eigenvalue weighted by Gasteiger charge is -2.23. The minimum atomic E-state index is -0.649. The van der Waals surface area contributed by atoms with E-state index >= 15 is 0 Å². The Bertz CT molecular complexity index is 2730. The number of aromatic nitrogens is 8. The average Bonchev–Trinajstić information content (AvgIpc) is 4.09. The molecular weight excluding hydrogens is 909 g/mol. The number of likely N-dealkylation sites (tertiary alicyclic amines) is 1. The minimum Gasteiger partial charge on any atom is -0.463 e. The number of nitrogens with zero attached hydrogens (tertiary/aromatic N) is 9. The number of anilines is 2. The number of methoxy groups -OCH3 is 1. The van der Waals surface area contributed by atoms with Crippen LogP contribution in [0.15, 0.2) is 53.3 Å². The highest BCUT2D eigenvalue weighted by Gasteiger charge is 2.27. The molecule has 0 bridgehead atoms.